The van der Waals surface area contributed by atoms with Crippen LogP contribution in [0.5, 0.6) is 0 Å². The van der Waals surface area contributed by atoms with E-state index in [9.17, 15) is 26.9 Å². The minimum atomic E-state index is -4.07. The van der Waals surface area contributed by atoms with Crippen LogP contribution in [0.3, 0.4) is 0 Å². The number of nitro groups is 1. The quantitative estimate of drug-likeness (QED) is 0.386. The topological polar surface area (TPSA) is 115 Å². The Balaban J connectivity index is 1.81. The summed E-state index contributed by atoms with van der Waals surface area (Å²) in [7, 11) is -8.01. The van der Waals surface area contributed by atoms with Crippen LogP contribution < -0.4 is 0 Å². The average Bonchev–Trinajstić information content (AvgIpc) is 3.27. The number of nitro benzene ring substituents is 1. The van der Waals surface area contributed by atoms with Crippen LogP contribution in [-0.2, 0) is 19.9 Å². The highest BCUT2D eigenvalue weighted by Gasteiger charge is 2.40. The second kappa shape index (κ2) is 8.54. The van der Waals surface area contributed by atoms with Crippen molar-refractivity contribution in [3.63, 3.8) is 0 Å². The molecule has 1 aliphatic rings. The molecular formula is C23H20N2O6S2. The van der Waals surface area contributed by atoms with Gasteiger partial charge in [-0.15, -0.1) is 0 Å². The zero-order valence-electron chi connectivity index (χ0n) is 17.5. The first-order valence-corrected chi connectivity index (χ1v) is 12.9. The first-order valence-electron chi connectivity index (χ1n) is 9.94. The summed E-state index contributed by atoms with van der Waals surface area (Å²) in [6.07, 6.45) is 1.40. The molecule has 0 bridgehead atoms. The normalized spacial score (nSPS) is 17.0. The van der Waals surface area contributed by atoms with Crippen LogP contribution in [0.25, 0.3) is 0 Å². The largest absolute Gasteiger partial charge is 0.269 e. The fraction of sp³-hybridized carbons (Fsp3) is 0.130. The van der Waals surface area contributed by atoms with Crippen molar-refractivity contribution in [2.45, 2.75) is 22.8 Å². The summed E-state index contributed by atoms with van der Waals surface area (Å²) in [6, 6.07) is 18.5. The molecule has 0 spiro atoms. The SMILES string of the molecule is Cc1ccc(S(=O)(=O)N2CC(S(=O)(=O)c3ccccc3)=CC2c2ccc([N+](=O)[O-])cc2)cc1. The highest BCUT2D eigenvalue weighted by atomic mass is 32.2. The summed E-state index contributed by atoms with van der Waals surface area (Å²) in [5.74, 6) is 0. The summed E-state index contributed by atoms with van der Waals surface area (Å²) in [5, 5.41) is 11.0. The van der Waals surface area contributed by atoms with E-state index in [1.165, 1.54) is 54.6 Å². The van der Waals surface area contributed by atoms with Crippen molar-refractivity contribution in [3.05, 3.63) is 111 Å². The molecule has 0 N–H and O–H groups in total. The van der Waals surface area contributed by atoms with Gasteiger partial charge in [0, 0.05) is 12.1 Å². The maximum absolute atomic E-state index is 13.5. The van der Waals surface area contributed by atoms with E-state index in [0.29, 0.717) is 5.56 Å². The fourth-order valence-corrected chi connectivity index (χ4v) is 6.68. The molecule has 0 aliphatic carbocycles. The Hall–Kier alpha value is -3.34. The lowest BCUT2D eigenvalue weighted by molar-refractivity contribution is -0.384. The van der Waals surface area contributed by atoms with Gasteiger partial charge < -0.3 is 0 Å². The van der Waals surface area contributed by atoms with Gasteiger partial charge in [0.05, 0.1) is 32.2 Å². The molecule has 0 radical (unpaired) electrons. The third kappa shape index (κ3) is 4.32. The van der Waals surface area contributed by atoms with Gasteiger partial charge in [0.25, 0.3) is 5.69 Å². The number of nitrogens with zero attached hydrogens (tertiary/aromatic N) is 2. The molecule has 10 heteroatoms. The van der Waals surface area contributed by atoms with Crippen LogP contribution in [0.1, 0.15) is 17.2 Å². The molecule has 0 aromatic heterocycles. The molecule has 0 saturated carbocycles. The number of sulfonamides is 1. The lowest BCUT2D eigenvalue weighted by Gasteiger charge is -2.24. The molecule has 8 nitrogen and oxygen atoms in total. The Labute approximate surface area is 191 Å². The Morgan fingerprint density at radius 3 is 2.03 bits per heavy atom. The van der Waals surface area contributed by atoms with Gasteiger partial charge in [0.2, 0.25) is 19.9 Å². The number of non-ortho nitro benzene ring substituents is 1. The summed E-state index contributed by atoms with van der Waals surface area (Å²) in [6.45, 7) is 1.48. The summed E-state index contributed by atoms with van der Waals surface area (Å²) in [5.41, 5.74) is 1.16. The van der Waals surface area contributed by atoms with Crippen LogP contribution in [0.4, 0.5) is 5.69 Å². The average molecular weight is 485 g/mol. The van der Waals surface area contributed by atoms with Crippen LogP contribution in [-0.4, -0.2) is 32.6 Å². The highest BCUT2D eigenvalue weighted by molar-refractivity contribution is 7.95. The van der Waals surface area contributed by atoms with E-state index in [4.69, 9.17) is 0 Å². The van der Waals surface area contributed by atoms with Gasteiger partial charge in [-0.05, 0) is 42.8 Å². The minimum absolute atomic E-state index is 0.0340. The zero-order chi connectivity index (χ0) is 23.8. The monoisotopic (exact) mass is 484 g/mol. The van der Waals surface area contributed by atoms with Crippen LogP contribution in [0, 0.1) is 17.0 Å². The zero-order valence-corrected chi connectivity index (χ0v) is 19.2. The molecule has 1 unspecified atom stereocenters. The van der Waals surface area contributed by atoms with Crippen molar-refractivity contribution in [1.82, 2.24) is 4.31 Å². The second-order valence-corrected chi connectivity index (χ2v) is 11.5. The Morgan fingerprint density at radius 2 is 1.45 bits per heavy atom. The van der Waals surface area contributed by atoms with Gasteiger partial charge in [-0.2, -0.15) is 4.31 Å². The molecule has 33 heavy (non-hydrogen) atoms. The molecule has 3 aromatic rings. The summed E-state index contributed by atoms with van der Waals surface area (Å²) >= 11 is 0. The molecular weight excluding hydrogens is 464 g/mol. The number of hydrogen-bond acceptors (Lipinski definition) is 6. The Kier molecular flexibility index (Phi) is 5.91. The molecule has 1 aliphatic heterocycles. The van der Waals surface area contributed by atoms with Gasteiger partial charge in [-0.1, -0.05) is 48.0 Å². The van der Waals surface area contributed by atoms with Gasteiger partial charge in [-0.25, -0.2) is 16.8 Å². The third-order valence-electron chi connectivity index (χ3n) is 5.44. The van der Waals surface area contributed by atoms with E-state index in [1.54, 1.807) is 30.3 Å². The predicted octanol–water partition coefficient (Wildman–Crippen LogP) is 4.01. The lowest BCUT2D eigenvalue weighted by atomic mass is 10.1. The van der Waals surface area contributed by atoms with Crippen molar-refractivity contribution >= 4 is 25.5 Å². The van der Waals surface area contributed by atoms with E-state index >= 15 is 0 Å². The number of benzene rings is 3. The Morgan fingerprint density at radius 1 is 0.848 bits per heavy atom. The van der Waals surface area contributed by atoms with Crippen molar-refractivity contribution in [1.29, 1.82) is 0 Å². The van der Waals surface area contributed by atoms with Gasteiger partial charge >= 0.3 is 0 Å². The van der Waals surface area contributed by atoms with E-state index in [1.807, 2.05) is 6.92 Å². The van der Waals surface area contributed by atoms with E-state index in [-0.39, 0.29) is 26.9 Å². The molecule has 1 heterocycles. The Bertz CT molecular complexity index is 1430. The molecule has 3 aromatic carbocycles. The van der Waals surface area contributed by atoms with Crippen molar-refractivity contribution in [2.75, 3.05) is 6.54 Å². The van der Waals surface area contributed by atoms with Crippen LogP contribution >= 0.6 is 0 Å². The maximum atomic E-state index is 13.5. The summed E-state index contributed by atoms with van der Waals surface area (Å²) < 4.78 is 54.6. The first kappa shape index (κ1) is 22.8. The van der Waals surface area contributed by atoms with Crippen LogP contribution in [0.15, 0.2) is 99.6 Å². The van der Waals surface area contributed by atoms with Gasteiger partial charge in [0.1, 0.15) is 0 Å². The van der Waals surface area contributed by atoms with Crippen molar-refractivity contribution in [3.8, 4) is 0 Å². The molecule has 0 amide bonds. The molecule has 1 atom stereocenters. The number of sulfone groups is 1. The number of hydrogen-bond donors (Lipinski definition) is 0. The minimum Gasteiger partial charge on any atom is -0.258 e. The standard InChI is InChI=1S/C23H20N2O6S2/c1-17-7-13-21(14-8-17)33(30,31)24-16-22(32(28,29)20-5-3-2-4-6-20)15-23(24)18-9-11-19(12-10-18)25(26)27/h2-15,23H,16H2,1H3. The second-order valence-electron chi connectivity index (χ2n) is 7.61. The molecule has 4 rings (SSSR count). The lowest BCUT2D eigenvalue weighted by Crippen LogP contribution is -2.32. The first-order chi connectivity index (χ1) is 15.6. The van der Waals surface area contributed by atoms with Crippen molar-refractivity contribution in [2.24, 2.45) is 0 Å². The molecule has 170 valence electrons. The van der Waals surface area contributed by atoms with E-state index in [0.717, 1.165) is 9.87 Å². The van der Waals surface area contributed by atoms with E-state index in [2.05, 4.69) is 0 Å². The maximum Gasteiger partial charge on any atom is 0.269 e. The predicted molar refractivity (Wildman–Crippen MR) is 123 cm³/mol. The fourth-order valence-electron chi connectivity index (χ4n) is 3.63. The van der Waals surface area contributed by atoms with Gasteiger partial charge in [0.15, 0.2) is 0 Å². The van der Waals surface area contributed by atoms with Crippen LogP contribution in [0.2, 0.25) is 0 Å². The number of rotatable bonds is 6. The molecule has 0 fully saturated rings. The molecule has 0 saturated heterocycles. The third-order valence-corrected chi connectivity index (χ3v) is 9.13. The van der Waals surface area contributed by atoms with Gasteiger partial charge in [-0.3, -0.25) is 10.1 Å². The van der Waals surface area contributed by atoms with E-state index < -0.39 is 30.8 Å². The van der Waals surface area contributed by atoms with Crippen molar-refractivity contribution < 1.29 is 21.8 Å². The highest BCUT2D eigenvalue weighted by Crippen LogP contribution is 2.38. The smallest absolute Gasteiger partial charge is 0.258 e. The number of aryl methyl sites for hydroxylation is 1. The summed E-state index contributed by atoms with van der Waals surface area (Å²) in [4.78, 5) is 10.5.